The van der Waals surface area contributed by atoms with E-state index < -0.39 is 0 Å². The number of rotatable bonds is 3. The highest BCUT2D eigenvalue weighted by atomic mass is 15.1. The lowest BCUT2D eigenvalue weighted by molar-refractivity contribution is 0.866. The van der Waals surface area contributed by atoms with Crippen molar-refractivity contribution in [2.75, 3.05) is 18.0 Å². The summed E-state index contributed by atoms with van der Waals surface area (Å²) in [5.41, 5.74) is 8.50. The number of hydrogen-bond donors (Lipinski definition) is 0. The minimum absolute atomic E-state index is 0. The van der Waals surface area contributed by atoms with Crippen molar-refractivity contribution in [3.05, 3.63) is 53.1 Å². The van der Waals surface area contributed by atoms with E-state index in [1.807, 2.05) is 0 Å². The highest BCUT2D eigenvalue weighted by Crippen LogP contribution is 2.39. The average Bonchev–Trinajstić information content (AvgIpc) is 2.78. The highest BCUT2D eigenvalue weighted by molar-refractivity contribution is 5.80. The number of nitrogens with zero attached hydrogens (tertiary/aromatic N) is 1. The lowest BCUT2D eigenvalue weighted by Gasteiger charge is -2.21. The maximum atomic E-state index is 2.41. The molecule has 0 bridgehead atoms. The average molecular weight is 283 g/mol. The second-order valence-electron chi connectivity index (χ2n) is 5.35. The fourth-order valence-electron chi connectivity index (χ4n) is 3.06. The van der Waals surface area contributed by atoms with E-state index in [-0.39, 0.29) is 14.9 Å². The first-order valence-electron chi connectivity index (χ1n) is 7.20. The fourth-order valence-corrected chi connectivity index (χ4v) is 3.06. The van der Waals surface area contributed by atoms with E-state index in [2.05, 4.69) is 62.1 Å². The lowest BCUT2D eigenvalue weighted by Crippen LogP contribution is -2.21. The van der Waals surface area contributed by atoms with Gasteiger partial charge in [0.1, 0.15) is 0 Å². The molecular weight excluding hydrogens is 254 g/mol. The molecule has 0 amide bonds. The molecule has 0 aromatic heterocycles. The van der Waals surface area contributed by atoms with Crippen LogP contribution in [0.2, 0.25) is 0 Å². The summed E-state index contributed by atoms with van der Waals surface area (Å²) < 4.78 is 0. The van der Waals surface area contributed by atoms with Crippen LogP contribution in [-0.2, 0) is 6.42 Å². The van der Waals surface area contributed by atoms with E-state index in [1.165, 1.54) is 33.5 Å². The van der Waals surface area contributed by atoms with Crippen LogP contribution < -0.4 is 4.90 Å². The van der Waals surface area contributed by atoms with E-state index in [0.717, 1.165) is 19.5 Å². The zero-order valence-corrected chi connectivity index (χ0v) is 12.0. The molecule has 0 radical (unpaired) electrons. The van der Waals surface area contributed by atoms with Crippen molar-refractivity contribution in [2.24, 2.45) is 0 Å². The molecule has 0 saturated heterocycles. The third-order valence-electron chi connectivity index (χ3n) is 4.16. The molecule has 0 atom stereocenters. The molecule has 1 aliphatic carbocycles. The van der Waals surface area contributed by atoms with Crippen LogP contribution in [-0.4, -0.2) is 13.1 Å². The van der Waals surface area contributed by atoms with Gasteiger partial charge in [0.05, 0.1) is 0 Å². The van der Waals surface area contributed by atoms with Crippen LogP contribution in [0.1, 0.15) is 45.4 Å². The van der Waals surface area contributed by atoms with Gasteiger partial charge in [-0.25, -0.2) is 0 Å². The second-order valence-corrected chi connectivity index (χ2v) is 5.35. The van der Waals surface area contributed by atoms with E-state index in [0.29, 0.717) is 0 Å². The monoisotopic (exact) mass is 283 g/mol. The van der Waals surface area contributed by atoms with E-state index in [1.54, 1.807) is 0 Å². The topological polar surface area (TPSA) is 3.24 Å². The summed E-state index contributed by atoms with van der Waals surface area (Å²) >= 11 is 0. The zero-order valence-electron chi connectivity index (χ0n) is 12.0. The molecule has 114 valence electrons. The number of fused-ring (bicyclic) bond motifs is 3. The first kappa shape index (κ1) is 17.3. The Kier molecular flexibility index (Phi) is 5.60. The third-order valence-corrected chi connectivity index (χ3v) is 4.16. The standard InChI is InChI=1S/C18H21N.2CH4/c1-4-19(5-2)16-9-8-15-11-14-7-6-13(3)10-17(14)18(15)12-16;;/h6-10,12H,4-5,11H2,1-3H3;2*1H4. The Balaban J connectivity index is 0.00000110. The molecule has 0 aliphatic heterocycles. The second kappa shape index (κ2) is 6.80. The van der Waals surface area contributed by atoms with E-state index in [9.17, 15) is 0 Å². The summed E-state index contributed by atoms with van der Waals surface area (Å²) in [6, 6.07) is 13.8. The molecule has 0 saturated carbocycles. The summed E-state index contributed by atoms with van der Waals surface area (Å²) in [6.45, 7) is 8.74. The van der Waals surface area contributed by atoms with Gasteiger partial charge >= 0.3 is 0 Å². The third kappa shape index (κ3) is 2.97. The quantitative estimate of drug-likeness (QED) is 0.597. The smallest absolute Gasteiger partial charge is 0.0372 e. The van der Waals surface area contributed by atoms with Gasteiger partial charge in [-0.15, -0.1) is 0 Å². The van der Waals surface area contributed by atoms with Crippen molar-refractivity contribution in [3.63, 3.8) is 0 Å². The fraction of sp³-hybridized carbons (Fsp3) is 0.400. The minimum Gasteiger partial charge on any atom is -0.372 e. The molecule has 2 aromatic rings. The number of aryl methyl sites for hydroxylation is 1. The molecule has 0 unspecified atom stereocenters. The maximum absolute atomic E-state index is 2.41. The predicted molar refractivity (Wildman–Crippen MR) is 96.4 cm³/mol. The normalized spacial score (nSPS) is 11.0. The summed E-state index contributed by atoms with van der Waals surface area (Å²) in [5.74, 6) is 0. The van der Waals surface area contributed by atoms with Crippen molar-refractivity contribution in [1.29, 1.82) is 0 Å². The number of anilines is 1. The van der Waals surface area contributed by atoms with Crippen LogP contribution in [0.3, 0.4) is 0 Å². The number of hydrogen-bond acceptors (Lipinski definition) is 1. The van der Waals surface area contributed by atoms with Crippen LogP contribution >= 0.6 is 0 Å². The summed E-state index contributed by atoms with van der Waals surface area (Å²) in [6.07, 6.45) is 1.09. The van der Waals surface area contributed by atoms with Crippen LogP contribution in [0.15, 0.2) is 36.4 Å². The Morgan fingerprint density at radius 2 is 1.43 bits per heavy atom. The summed E-state index contributed by atoms with van der Waals surface area (Å²) in [5, 5.41) is 0. The minimum atomic E-state index is 0. The molecule has 21 heavy (non-hydrogen) atoms. The van der Waals surface area contributed by atoms with E-state index in [4.69, 9.17) is 0 Å². The summed E-state index contributed by atoms with van der Waals surface area (Å²) in [7, 11) is 0. The highest BCUT2D eigenvalue weighted by Gasteiger charge is 2.19. The predicted octanol–water partition coefficient (Wildman–Crippen LogP) is 5.68. The van der Waals surface area contributed by atoms with Gasteiger partial charge in [-0.1, -0.05) is 44.7 Å². The molecule has 0 spiro atoms. The molecule has 1 heteroatoms. The molecule has 3 rings (SSSR count). The summed E-state index contributed by atoms with van der Waals surface area (Å²) in [4.78, 5) is 2.41. The first-order chi connectivity index (χ1) is 9.22. The van der Waals surface area contributed by atoms with Gasteiger partial charge < -0.3 is 4.90 Å². The Morgan fingerprint density at radius 1 is 0.857 bits per heavy atom. The van der Waals surface area contributed by atoms with Crippen molar-refractivity contribution < 1.29 is 0 Å². The van der Waals surface area contributed by atoms with Crippen LogP contribution in [0.5, 0.6) is 0 Å². The Labute approximate surface area is 130 Å². The molecule has 0 fully saturated rings. The SMILES string of the molecule is C.C.CCN(CC)c1ccc2c(c1)-c1cc(C)ccc1C2. The maximum Gasteiger partial charge on any atom is 0.0372 e. The molecular formula is C20H29N. The van der Waals surface area contributed by atoms with Gasteiger partial charge in [0.15, 0.2) is 0 Å². The van der Waals surface area contributed by atoms with E-state index >= 15 is 0 Å². The van der Waals surface area contributed by atoms with Gasteiger partial charge in [0.2, 0.25) is 0 Å². The lowest BCUT2D eigenvalue weighted by atomic mass is 10.0. The molecule has 2 aromatic carbocycles. The van der Waals surface area contributed by atoms with Gasteiger partial charge in [-0.3, -0.25) is 0 Å². The molecule has 1 aliphatic rings. The molecule has 0 heterocycles. The molecule has 1 nitrogen and oxygen atoms in total. The van der Waals surface area contributed by atoms with Crippen molar-refractivity contribution in [1.82, 2.24) is 0 Å². The van der Waals surface area contributed by atoms with Gasteiger partial charge in [0, 0.05) is 18.8 Å². The Bertz CT molecular complexity index is 609. The van der Waals surface area contributed by atoms with Crippen molar-refractivity contribution in [3.8, 4) is 11.1 Å². The van der Waals surface area contributed by atoms with Crippen molar-refractivity contribution >= 4 is 5.69 Å². The zero-order chi connectivity index (χ0) is 13.4. The van der Waals surface area contributed by atoms with Gasteiger partial charge in [-0.05, 0) is 61.6 Å². The largest absolute Gasteiger partial charge is 0.372 e. The van der Waals surface area contributed by atoms with Gasteiger partial charge in [0.25, 0.3) is 0 Å². The van der Waals surface area contributed by atoms with Crippen LogP contribution in [0, 0.1) is 6.92 Å². The van der Waals surface area contributed by atoms with Crippen LogP contribution in [0.4, 0.5) is 5.69 Å². The van der Waals surface area contributed by atoms with Crippen molar-refractivity contribution in [2.45, 2.75) is 42.0 Å². The Hall–Kier alpha value is -1.76. The van der Waals surface area contributed by atoms with Gasteiger partial charge in [-0.2, -0.15) is 0 Å². The Morgan fingerprint density at radius 3 is 2.05 bits per heavy atom. The number of benzene rings is 2. The first-order valence-corrected chi connectivity index (χ1v) is 7.20. The van der Waals surface area contributed by atoms with Crippen LogP contribution in [0.25, 0.3) is 11.1 Å². The molecule has 0 N–H and O–H groups in total.